The van der Waals surface area contributed by atoms with Gasteiger partial charge in [-0.2, -0.15) is 20.2 Å². The van der Waals surface area contributed by atoms with Crippen LogP contribution in [0, 0.1) is 11.6 Å². The maximum Gasteiger partial charge on any atom is 0.227 e. The minimum Gasteiger partial charge on any atom is -0.347 e. The fourth-order valence-electron chi connectivity index (χ4n) is 2.91. The molecule has 0 unspecified atom stereocenters. The predicted molar refractivity (Wildman–Crippen MR) is 107 cm³/mol. The summed E-state index contributed by atoms with van der Waals surface area (Å²) in [4.78, 5) is 8.84. The van der Waals surface area contributed by atoms with Crippen LogP contribution in [0.1, 0.15) is 31.1 Å². The number of anilines is 3. The first-order valence-electron chi connectivity index (χ1n) is 8.91. The number of benzene rings is 1. The Labute approximate surface area is 164 Å². The van der Waals surface area contributed by atoms with Gasteiger partial charge in [-0.3, -0.25) is 10.2 Å². The first-order valence-corrected chi connectivity index (χ1v) is 8.91. The van der Waals surface area contributed by atoms with Gasteiger partial charge in [0.15, 0.2) is 11.5 Å². The van der Waals surface area contributed by atoms with E-state index in [0.717, 1.165) is 11.8 Å². The highest BCUT2D eigenvalue weighted by Crippen LogP contribution is 2.26. The lowest BCUT2D eigenvalue weighted by molar-refractivity contribution is 0.566. The number of rotatable bonds is 6. The number of aromatic amines is 2. The van der Waals surface area contributed by atoms with E-state index in [9.17, 15) is 8.78 Å². The van der Waals surface area contributed by atoms with E-state index in [-0.39, 0.29) is 5.95 Å². The standard InChI is InChI=1S/C19H18F2N8/c1-3-4-12-8-16(28-27-12)24-17-14-9-22-29-18(14)26-19(25-17)23-10(2)13-6-5-11(20)7-15(13)21/h3-10H,1-2H3,(H4,22,23,24,25,26,27,28,29)/b4-3+/t10-/m0/s1. The fourth-order valence-corrected chi connectivity index (χ4v) is 2.91. The van der Waals surface area contributed by atoms with Crippen molar-refractivity contribution in [2.45, 2.75) is 19.9 Å². The van der Waals surface area contributed by atoms with Gasteiger partial charge in [0.2, 0.25) is 5.95 Å². The topological polar surface area (TPSA) is 107 Å². The van der Waals surface area contributed by atoms with Gasteiger partial charge in [0.05, 0.1) is 23.3 Å². The second kappa shape index (κ2) is 7.66. The Kier molecular flexibility index (Phi) is 4.90. The average molecular weight is 396 g/mol. The number of halogens is 2. The summed E-state index contributed by atoms with van der Waals surface area (Å²) >= 11 is 0. The van der Waals surface area contributed by atoms with Crippen molar-refractivity contribution in [3.8, 4) is 0 Å². The highest BCUT2D eigenvalue weighted by atomic mass is 19.1. The molecule has 1 atom stereocenters. The van der Waals surface area contributed by atoms with Gasteiger partial charge in [-0.25, -0.2) is 8.78 Å². The molecule has 148 valence electrons. The minimum atomic E-state index is -0.640. The normalized spacial score (nSPS) is 12.6. The van der Waals surface area contributed by atoms with Crippen LogP contribution in [0.2, 0.25) is 0 Å². The number of allylic oxidation sites excluding steroid dienone is 1. The zero-order valence-electron chi connectivity index (χ0n) is 15.7. The molecule has 0 fully saturated rings. The quantitative estimate of drug-likeness (QED) is 0.387. The minimum absolute atomic E-state index is 0.254. The second-order valence-corrected chi connectivity index (χ2v) is 6.39. The molecule has 0 aliphatic carbocycles. The Bertz CT molecular complexity index is 1180. The molecule has 0 amide bonds. The largest absolute Gasteiger partial charge is 0.347 e. The van der Waals surface area contributed by atoms with Gasteiger partial charge in [0.1, 0.15) is 17.5 Å². The first kappa shape index (κ1) is 18.5. The van der Waals surface area contributed by atoms with Crippen LogP contribution >= 0.6 is 0 Å². The lowest BCUT2D eigenvalue weighted by atomic mass is 10.1. The highest BCUT2D eigenvalue weighted by molar-refractivity contribution is 5.88. The summed E-state index contributed by atoms with van der Waals surface area (Å²) in [5, 5.41) is 20.7. The van der Waals surface area contributed by atoms with E-state index < -0.39 is 17.7 Å². The number of nitrogens with one attached hydrogen (secondary N) is 4. The Morgan fingerprint density at radius 3 is 2.79 bits per heavy atom. The van der Waals surface area contributed by atoms with E-state index in [1.54, 1.807) is 13.1 Å². The molecule has 3 heterocycles. The molecular weight excluding hydrogens is 378 g/mol. The van der Waals surface area contributed by atoms with Crippen molar-refractivity contribution in [2.75, 3.05) is 10.6 Å². The van der Waals surface area contributed by atoms with Crippen molar-refractivity contribution in [1.82, 2.24) is 30.4 Å². The summed E-state index contributed by atoms with van der Waals surface area (Å²) in [6, 6.07) is 4.79. The molecule has 29 heavy (non-hydrogen) atoms. The van der Waals surface area contributed by atoms with Crippen LogP contribution in [0.3, 0.4) is 0 Å². The summed E-state index contributed by atoms with van der Waals surface area (Å²) in [6.07, 6.45) is 5.38. The van der Waals surface area contributed by atoms with Crippen molar-refractivity contribution >= 4 is 34.7 Å². The number of hydrogen-bond donors (Lipinski definition) is 4. The molecule has 1 aromatic carbocycles. The maximum atomic E-state index is 14.1. The van der Waals surface area contributed by atoms with Gasteiger partial charge in [-0.05, 0) is 26.0 Å². The molecule has 0 aliphatic rings. The zero-order valence-corrected chi connectivity index (χ0v) is 15.7. The molecule has 3 aromatic heterocycles. The van der Waals surface area contributed by atoms with Crippen molar-refractivity contribution < 1.29 is 8.78 Å². The van der Waals surface area contributed by atoms with Crippen LogP contribution in [-0.4, -0.2) is 30.4 Å². The third kappa shape index (κ3) is 3.91. The van der Waals surface area contributed by atoms with E-state index in [4.69, 9.17) is 0 Å². The smallest absolute Gasteiger partial charge is 0.227 e. The Morgan fingerprint density at radius 1 is 1.14 bits per heavy atom. The molecule has 4 aromatic rings. The molecular formula is C19H18F2N8. The van der Waals surface area contributed by atoms with E-state index >= 15 is 0 Å². The molecule has 4 N–H and O–H groups in total. The third-order valence-corrected chi connectivity index (χ3v) is 4.27. The van der Waals surface area contributed by atoms with Crippen LogP contribution < -0.4 is 10.6 Å². The van der Waals surface area contributed by atoms with Crippen molar-refractivity contribution in [3.63, 3.8) is 0 Å². The van der Waals surface area contributed by atoms with Gasteiger partial charge in [0, 0.05) is 17.7 Å². The summed E-state index contributed by atoms with van der Waals surface area (Å²) in [5.74, 6) is 0.0412. The van der Waals surface area contributed by atoms with Crippen molar-refractivity contribution in [1.29, 1.82) is 0 Å². The lowest BCUT2D eigenvalue weighted by Crippen LogP contribution is -2.12. The van der Waals surface area contributed by atoms with Gasteiger partial charge in [0.25, 0.3) is 0 Å². The monoisotopic (exact) mass is 396 g/mol. The van der Waals surface area contributed by atoms with Crippen LogP contribution in [0.15, 0.2) is 36.5 Å². The van der Waals surface area contributed by atoms with Gasteiger partial charge in [-0.1, -0.05) is 12.1 Å². The molecule has 0 aliphatic heterocycles. The number of fused-ring (bicyclic) bond motifs is 1. The molecule has 0 radical (unpaired) electrons. The van der Waals surface area contributed by atoms with Crippen LogP contribution in [0.4, 0.5) is 26.4 Å². The van der Waals surface area contributed by atoms with Gasteiger partial charge in [-0.15, -0.1) is 0 Å². The number of nitrogens with zero attached hydrogens (tertiary/aromatic N) is 4. The van der Waals surface area contributed by atoms with Crippen LogP contribution in [-0.2, 0) is 0 Å². The molecule has 0 saturated heterocycles. The van der Waals surface area contributed by atoms with Gasteiger partial charge < -0.3 is 10.6 Å². The highest BCUT2D eigenvalue weighted by Gasteiger charge is 2.16. The Balaban J connectivity index is 1.63. The van der Waals surface area contributed by atoms with Crippen LogP contribution in [0.5, 0.6) is 0 Å². The summed E-state index contributed by atoms with van der Waals surface area (Å²) in [7, 11) is 0. The lowest BCUT2D eigenvalue weighted by Gasteiger charge is -2.16. The molecule has 0 saturated carbocycles. The molecule has 8 nitrogen and oxygen atoms in total. The van der Waals surface area contributed by atoms with Crippen molar-refractivity contribution in [2.24, 2.45) is 0 Å². The third-order valence-electron chi connectivity index (χ3n) is 4.27. The summed E-state index contributed by atoms with van der Waals surface area (Å²) in [5.41, 5.74) is 1.64. The predicted octanol–water partition coefficient (Wildman–Crippen LogP) is 4.30. The molecule has 4 rings (SSSR count). The van der Waals surface area contributed by atoms with E-state index in [1.807, 2.05) is 25.1 Å². The van der Waals surface area contributed by atoms with E-state index in [2.05, 4.69) is 41.0 Å². The van der Waals surface area contributed by atoms with E-state index in [1.165, 1.54) is 12.1 Å². The second-order valence-electron chi connectivity index (χ2n) is 6.39. The number of H-pyrrole nitrogens is 2. The van der Waals surface area contributed by atoms with Crippen molar-refractivity contribution in [3.05, 3.63) is 59.4 Å². The SMILES string of the molecule is C/C=C/c1cc(Nc2nc(N[C@@H](C)c3ccc(F)cc3F)nc3[nH]ncc23)n[nH]1. The maximum absolute atomic E-state index is 14.1. The first-order chi connectivity index (χ1) is 14.0. The fraction of sp³-hybridized carbons (Fsp3) is 0.158. The number of hydrogen-bond acceptors (Lipinski definition) is 6. The summed E-state index contributed by atoms with van der Waals surface area (Å²) in [6.45, 7) is 3.65. The van der Waals surface area contributed by atoms with Crippen LogP contribution in [0.25, 0.3) is 17.1 Å². The molecule has 0 spiro atoms. The zero-order chi connectivity index (χ0) is 20.4. The summed E-state index contributed by atoms with van der Waals surface area (Å²) < 4.78 is 27.2. The number of aromatic nitrogens is 6. The van der Waals surface area contributed by atoms with E-state index in [0.29, 0.717) is 28.2 Å². The molecule has 0 bridgehead atoms. The van der Waals surface area contributed by atoms with Gasteiger partial charge >= 0.3 is 0 Å². The average Bonchev–Trinajstić information content (AvgIpc) is 3.31. The Morgan fingerprint density at radius 2 is 2.00 bits per heavy atom. The molecule has 10 heteroatoms. The Hall–Kier alpha value is -3.82.